The number of hydrogen-bond acceptors (Lipinski definition) is 6. The van der Waals surface area contributed by atoms with Crippen molar-refractivity contribution in [1.29, 1.82) is 0 Å². The van der Waals surface area contributed by atoms with Crippen molar-refractivity contribution in [3.63, 3.8) is 0 Å². The minimum absolute atomic E-state index is 0.0502. The number of phenolic OH excluding ortho intramolecular Hbond substituents is 1. The molecule has 8 nitrogen and oxygen atoms in total. The van der Waals surface area contributed by atoms with Crippen molar-refractivity contribution in [3.8, 4) is 11.5 Å². The van der Waals surface area contributed by atoms with Crippen molar-refractivity contribution in [2.24, 2.45) is 0 Å². The summed E-state index contributed by atoms with van der Waals surface area (Å²) < 4.78 is 11.4. The number of esters is 1. The highest BCUT2D eigenvalue weighted by molar-refractivity contribution is 5.92. The highest BCUT2D eigenvalue weighted by Crippen LogP contribution is 2.35. The number of carboxylic acid groups (broad SMARTS) is 1. The highest BCUT2D eigenvalue weighted by Gasteiger charge is 2.29. The number of benzene rings is 3. The Balaban J connectivity index is 1.44. The van der Waals surface area contributed by atoms with Crippen molar-refractivity contribution >= 4 is 17.8 Å². The Morgan fingerprint density at radius 2 is 1.86 bits per heavy atom. The van der Waals surface area contributed by atoms with Crippen molar-refractivity contribution in [3.05, 3.63) is 94.5 Å². The number of carboxylic acids is 1. The summed E-state index contributed by atoms with van der Waals surface area (Å²) in [6.45, 7) is 1.49. The van der Waals surface area contributed by atoms with E-state index >= 15 is 0 Å². The van der Waals surface area contributed by atoms with Gasteiger partial charge in [-0.05, 0) is 48.4 Å². The Hall–Kier alpha value is -4.33. The van der Waals surface area contributed by atoms with Crippen LogP contribution in [0.1, 0.15) is 38.7 Å². The van der Waals surface area contributed by atoms with E-state index in [1.54, 1.807) is 30.3 Å². The number of amides is 1. The molecule has 35 heavy (non-hydrogen) atoms. The van der Waals surface area contributed by atoms with Crippen LogP contribution in [-0.2, 0) is 27.2 Å². The third kappa shape index (κ3) is 5.78. The van der Waals surface area contributed by atoms with E-state index in [9.17, 15) is 24.6 Å². The molecule has 0 unspecified atom stereocenters. The molecule has 1 aliphatic heterocycles. The number of carbonyl (C=O) groups excluding carboxylic acids is 2. The number of aryl methyl sites for hydroxylation is 1. The molecule has 3 aromatic carbocycles. The number of cyclic esters (lactones) is 1. The third-order valence-electron chi connectivity index (χ3n) is 5.77. The Labute approximate surface area is 202 Å². The summed E-state index contributed by atoms with van der Waals surface area (Å²) in [4.78, 5) is 36.7. The van der Waals surface area contributed by atoms with Gasteiger partial charge in [0, 0.05) is 18.4 Å². The van der Waals surface area contributed by atoms with Crippen LogP contribution in [0.15, 0.2) is 66.7 Å². The van der Waals surface area contributed by atoms with Crippen LogP contribution in [0.3, 0.4) is 0 Å². The lowest BCUT2D eigenvalue weighted by Gasteiger charge is -2.26. The summed E-state index contributed by atoms with van der Waals surface area (Å²) in [5.41, 5.74) is 3.63. The van der Waals surface area contributed by atoms with Gasteiger partial charge in [0.1, 0.15) is 23.6 Å². The smallest absolute Gasteiger partial charge is 0.339 e. The maximum atomic E-state index is 12.5. The Morgan fingerprint density at radius 3 is 2.60 bits per heavy atom. The number of carbonyl (C=O) groups is 3. The number of aliphatic carboxylic acids is 1. The van der Waals surface area contributed by atoms with E-state index in [-0.39, 0.29) is 12.2 Å². The van der Waals surface area contributed by atoms with Gasteiger partial charge in [-0.15, -0.1) is 0 Å². The summed E-state index contributed by atoms with van der Waals surface area (Å²) in [7, 11) is 0. The first kappa shape index (κ1) is 23.8. The van der Waals surface area contributed by atoms with Gasteiger partial charge in [0.05, 0.1) is 5.56 Å². The molecule has 1 aliphatic rings. The zero-order valence-corrected chi connectivity index (χ0v) is 19.1. The minimum atomic E-state index is -1.18. The standard InChI is InChI=1S/C27H25NO7/c1-16-6-11-23(21(12-16)24-14-18-4-2-3-5-20(18)27(33)35-24)34-15-25(30)28-22(26(31)32)13-17-7-9-19(29)10-8-17/h2-12,22,24,29H,13-15H2,1H3,(H,28,30)(H,31,32)/t22-,24+/m1/s1. The monoisotopic (exact) mass is 475 g/mol. The first-order valence-electron chi connectivity index (χ1n) is 11.1. The van der Waals surface area contributed by atoms with E-state index in [4.69, 9.17) is 9.47 Å². The molecule has 0 aromatic heterocycles. The molecule has 0 saturated heterocycles. The molecule has 1 amide bonds. The van der Waals surface area contributed by atoms with Crippen LogP contribution in [0, 0.1) is 6.92 Å². The van der Waals surface area contributed by atoms with Gasteiger partial charge in [-0.25, -0.2) is 9.59 Å². The minimum Gasteiger partial charge on any atom is -0.508 e. The second kappa shape index (κ2) is 10.3. The SMILES string of the molecule is Cc1ccc(OCC(=O)N[C@H](Cc2ccc(O)cc2)C(=O)O)c([C@@H]2Cc3ccccc3C(=O)O2)c1. The van der Waals surface area contributed by atoms with Crippen LogP contribution in [0.25, 0.3) is 0 Å². The van der Waals surface area contributed by atoms with Gasteiger partial charge in [-0.3, -0.25) is 4.79 Å². The second-order valence-electron chi connectivity index (χ2n) is 8.41. The van der Waals surface area contributed by atoms with Crippen LogP contribution in [0.5, 0.6) is 11.5 Å². The van der Waals surface area contributed by atoms with Crippen molar-refractivity contribution < 1.29 is 34.1 Å². The molecule has 1 heterocycles. The molecule has 0 bridgehead atoms. The van der Waals surface area contributed by atoms with E-state index in [1.807, 2.05) is 31.2 Å². The Bertz CT molecular complexity index is 1250. The summed E-state index contributed by atoms with van der Waals surface area (Å²) in [5, 5.41) is 21.4. The molecular weight excluding hydrogens is 450 g/mol. The van der Waals surface area contributed by atoms with Crippen LogP contribution in [0.2, 0.25) is 0 Å². The van der Waals surface area contributed by atoms with Gasteiger partial charge in [0.15, 0.2) is 6.61 Å². The maximum Gasteiger partial charge on any atom is 0.339 e. The fourth-order valence-corrected chi connectivity index (χ4v) is 4.00. The Morgan fingerprint density at radius 1 is 1.11 bits per heavy atom. The van der Waals surface area contributed by atoms with E-state index in [2.05, 4.69) is 5.32 Å². The lowest BCUT2D eigenvalue weighted by Crippen LogP contribution is -2.44. The van der Waals surface area contributed by atoms with Crippen molar-refractivity contribution in [2.75, 3.05) is 6.61 Å². The molecule has 0 spiro atoms. The molecule has 0 radical (unpaired) electrons. The summed E-state index contributed by atoms with van der Waals surface area (Å²) in [6.07, 6.45) is -0.0485. The number of hydrogen-bond donors (Lipinski definition) is 3. The number of rotatable bonds is 8. The van der Waals surface area contributed by atoms with Gasteiger partial charge in [0.2, 0.25) is 0 Å². The zero-order chi connectivity index (χ0) is 24.9. The van der Waals surface area contributed by atoms with Crippen LogP contribution in [-0.4, -0.2) is 40.7 Å². The first-order valence-corrected chi connectivity index (χ1v) is 11.1. The molecule has 2 atom stereocenters. The van der Waals surface area contributed by atoms with Crippen molar-refractivity contribution in [2.45, 2.75) is 31.9 Å². The van der Waals surface area contributed by atoms with Gasteiger partial charge in [0.25, 0.3) is 5.91 Å². The molecular formula is C27H25NO7. The van der Waals surface area contributed by atoms with Crippen LogP contribution in [0.4, 0.5) is 0 Å². The fraction of sp³-hybridized carbons (Fsp3) is 0.222. The molecule has 3 N–H and O–H groups in total. The average molecular weight is 475 g/mol. The van der Waals surface area contributed by atoms with E-state index < -0.39 is 36.6 Å². The number of ether oxygens (including phenoxy) is 2. The van der Waals surface area contributed by atoms with E-state index in [0.29, 0.717) is 28.9 Å². The lowest BCUT2D eigenvalue weighted by atomic mass is 9.93. The molecule has 3 aromatic rings. The Kier molecular flexibility index (Phi) is 7.01. The quantitative estimate of drug-likeness (QED) is 0.427. The lowest BCUT2D eigenvalue weighted by molar-refractivity contribution is -0.142. The normalized spacial score (nSPS) is 15.5. The predicted octanol–water partition coefficient (Wildman–Crippen LogP) is 3.35. The summed E-state index contributed by atoms with van der Waals surface area (Å²) in [5.74, 6) is -1.75. The molecule has 4 rings (SSSR count). The average Bonchev–Trinajstić information content (AvgIpc) is 2.84. The van der Waals surface area contributed by atoms with Gasteiger partial charge < -0.3 is 25.0 Å². The molecule has 0 saturated carbocycles. The molecule has 0 aliphatic carbocycles. The molecule has 8 heteroatoms. The maximum absolute atomic E-state index is 12.5. The number of phenols is 1. The fourth-order valence-electron chi connectivity index (χ4n) is 4.00. The van der Waals surface area contributed by atoms with E-state index in [0.717, 1.165) is 11.1 Å². The van der Waals surface area contributed by atoms with Gasteiger partial charge in [-0.2, -0.15) is 0 Å². The largest absolute Gasteiger partial charge is 0.508 e. The van der Waals surface area contributed by atoms with Crippen LogP contribution >= 0.6 is 0 Å². The summed E-state index contributed by atoms with van der Waals surface area (Å²) in [6, 6.07) is 17.6. The number of fused-ring (bicyclic) bond motifs is 1. The topological polar surface area (TPSA) is 122 Å². The number of nitrogens with one attached hydrogen (secondary N) is 1. The zero-order valence-electron chi connectivity index (χ0n) is 19.1. The van der Waals surface area contributed by atoms with Crippen molar-refractivity contribution in [1.82, 2.24) is 5.32 Å². The molecule has 180 valence electrons. The summed E-state index contributed by atoms with van der Waals surface area (Å²) >= 11 is 0. The third-order valence-corrected chi connectivity index (χ3v) is 5.77. The highest BCUT2D eigenvalue weighted by atomic mass is 16.5. The predicted molar refractivity (Wildman–Crippen MR) is 126 cm³/mol. The molecule has 0 fully saturated rings. The second-order valence-corrected chi connectivity index (χ2v) is 8.41. The van der Waals surface area contributed by atoms with Gasteiger partial charge in [-0.1, -0.05) is 42.0 Å². The van der Waals surface area contributed by atoms with E-state index in [1.165, 1.54) is 12.1 Å². The first-order chi connectivity index (χ1) is 16.8. The van der Waals surface area contributed by atoms with Gasteiger partial charge >= 0.3 is 11.9 Å². The van der Waals surface area contributed by atoms with Crippen LogP contribution < -0.4 is 10.1 Å². The number of aromatic hydroxyl groups is 1.